The molecule has 0 spiro atoms. The maximum atomic E-state index is 12.6. The maximum Gasteiger partial charge on any atom is 0.255 e. The first-order valence-corrected chi connectivity index (χ1v) is 9.64. The molecule has 1 aromatic heterocycles. The van der Waals surface area contributed by atoms with Crippen LogP contribution in [0.3, 0.4) is 0 Å². The Morgan fingerprint density at radius 1 is 0.862 bits per heavy atom. The van der Waals surface area contributed by atoms with Crippen LogP contribution in [0, 0.1) is 0 Å². The first kappa shape index (κ1) is 17.5. The van der Waals surface area contributed by atoms with Crippen molar-refractivity contribution in [2.45, 2.75) is 6.17 Å². The van der Waals surface area contributed by atoms with Crippen LogP contribution in [0.2, 0.25) is 5.02 Å². The van der Waals surface area contributed by atoms with Crippen molar-refractivity contribution in [2.24, 2.45) is 0 Å². The van der Waals surface area contributed by atoms with E-state index in [-0.39, 0.29) is 5.91 Å². The van der Waals surface area contributed by atoms with Gasteiger partial charge in [0.25, 0.3) is 5.91 Å². The van der Waals surface area contributed by atoms with Crippen molar-refractivity contribution in [2.75, 3.05) is 5.32 Å². The molecule has 0 bridgehead atoms. The Labute approximate surface area is 172 Å². The summed E-state index contributed by atoms with van der Waals surface area (Å²) < 4.78 is 1.83. The first-order valence-electron chi connectivity index (χ1n) is 9.26. The lowest BCUT2D eigenvalue weighted by Gasteiger charge is -2.27. The lowest BCUT2D eigenvalue weighted by atomic mass is 10.0. The average molecular weight is 401 g/mol. The summed E-state index contributed by atoms with van der Waals surface area (Å²) in [5.41, 5.74) is 4.95. The third kappa shape index (κ3) is 3.26. The monoisotopic (exact) mass is 400 g/mol. The quantitative estimate of drug-likeness (QED) is 0.506. The number of rotatable bonds is 3. The molecule has 3 aromatic carbocycles. The molecule has 2 heterocycles. The van der Waals surface area contributed by atoms with Crippen molar-refractivity contribution in [3.63, 3.8) is 0 Å². The van der Waals surface area contributed by atoms with Crippen LogP contribution >= 0.6 is 11.6 Å². The maximum absolute atomic E-state index is 12.6. The number of nitrogens with zero attached hydrogens (tertiary/aromatic N) is 2. The zero-order valence-corrected chi connectivity index (χ0v) is 16.1. The van der Waals surface area contributed by atoms with Gasteiger partial charge in [-0.25, -0.2) is 4.68 Å². The van der Waals surface area contributed by atoms with Crippen molar-refractivity contribution >= 4 is 23.2 Å². The van der Waals surface area contributed by atoms with E-state index in [0.29, 0.717) is 10.6 Å². The van der Waals surface area contributed by atoms with Gasteiger partial charge in [0.2, 0.25) is 0 Å². The number of hydrogen-bond acceptors (Lipinski definition) is 3. The fourth-order valence-corrected chi connectivity index (χ4v) is 3.63. The van der Waals surface area contributed by atoms with Gasteiger partial charge < -0.3 is 10.6 Å². The Morgan fingerprint density at radius 2 is 1.59 bits per heavy atom. The molecule has 1 atom stereocenters. The third-order valence-corrected chi connectivity index (χ3v) is 5.19. The second kappa shape index (κ2) is 7.11. The number of carbonyl (C=O) groups excluding carboxylic acids is 1. The van der Waals surface area contributed by atoms with Crippen LogP contribution in [0.15, 0.2) is 85.1 Å². The van der Waals surface area contributed by atoms with Gasteiger partial charge in [0.1, 0.15) is 6.17 Å². The second-order valence-electron chi connectivity index (χ2n) is 6.82. The third-order valence-electron chi connectivity index (χ3n) is 4.94. The van der Waals surface area contributed by atoms with Gasteiger partial charge >= 0.3 is 0 Å². The molecule has 29 heavy (non-hydrogen) atoms. The fraction of sp³-hybridized carbons (Fsp3) is 0.0435. The normalized spacial score (nSPS) is 15.3. The summed E-state index contributed by atoms with van der Waals surface area (Å²) >= 11 is 6.07. The summed E-state index contributed by atoms with van der Waals surface area (Å²) in [7, 11) is 0. The fourth-order valence-electron chi connectivity index (χ4n) is 3.51. The Morgan fingerprint density at radius 3 is 2.38 bits per heavy atom. The average Bonchev–Trinajstić information content (AvgIpc) is 3.20. The molecular weight excluding hydrogens is 384 g/mol. The van der Waals surface area contributed by atoms with Gasteiger partial charge in [0.15, 0.2) is 0 Å². The van der Waals surface area contributed by atoms with Crippen LogP contribution in [-0.2, 0) is 0 Å². The molecule has 0 fully saturated rings. The highest BCUT2D eigenvalue weighted by Crippen LogP contribution is 2.33. The lowest BCUT2D eigenvalue weighted by molar-refractivity contribution is 0.0936. The van der Waals surface area contributed by atoms with E-state index < -0.39 is 6.17 Å². The predicted octanol–water partition coefficient (Wildman–Crippen LogP) is 5.05. The van der Waals surface area contributed by atoms with Crippen molar-refractivity contribution in [1.82, 2.24) is 15.1 Å². The number of carbonyl (C=O) groups is 1. The van der Waals surface area contributed by atoms with Crippen LogP contribution in [0.4, 0.5) is 5.69 Å². The molecule has 0 aliphatic carbocycles. The molecule has 142 valence electrons. The van der Waals surface area contributed by atoms with Crippen molar-refractivity contribution in [1.29, 1.82) is 0 Å². The molecule has 5 rings (SSSR count). The van der Waals surface area contributed by atoms with E-state index in [1.54, 1.807) is 6.07 Å². The molecule has 5 nitrogen and oxygen atoms in total. The van der Waals surface area contributed by atoms with Crippen LogP contribution in [-0.4, -0.2) is 15.7 Å². The highest BCUT2D eigenvalue weighted by Gasteiger charge is 2.28. The van der Waals surface area contributed by atoms with Crippen LogP contribution in [0.5, 0.6) is 0 Å². The summed E-state index contributed by atoms with van der Waals surface area (Å²) in [6.07, 6.45) is 1.55. The van der Waals surface area contributed by atoms with Crippen LogP contribution in [0.25, 0.3) is 16.9 Å². The van der Waals surface area contributed by atoms with E-state index in [4.69, 9.17) is 16.7 Å². The van der Waals surface area contributed by atoms with Crippen molar-refractivity contribution in [3.05, 3.63) is 101 Å². The largest absolute Gasteiger partial charge is 0.361 e. The molecule has 1 unspecified atom stereocenters. The number of hydrogen-bond donors (Lipinski definition) is 2. The van der Waals surface area contributed by atoms with E-state index >= 15 is 0 Å². The Kier molecular flexibility index (Phi) is 4.30. The van der Waals surface area contributed by atoms with Gasteiger partial charge in [-0.3, -0.25) is 4.79 Å². The number of amides is 1. The van der Waals surface area contributed by atoms with Gasteiger partial charge in [0, 0.05) is 28.0 Å². The molecular formula is C23H17ClN4O. The second-order valence-corrected chi connectivity index (χ2v) is 7.25. The van der Waals surface area contributed by atoms with E-state index in [1.165, 1.54) is 0 Å². The Bertz CT molecular complexity index is 1190. The van der Waals surface area contributed by atoms with Gasteiger partial charge in [-0.1, -0.05) is 54.1 Å². The smallest absolute Gasteiger partial charge is 0.255 e. The molecule has 0 saturated carbocycles. The highest BCUT2D eigenvalue weighted by atomic mass is 35.5. The molecule has 6 heteroatoms. The van der Waals surface area contributed by atoms with Gasteiger partial charge in [-0.15, -0.1) is 0 Å². The van der Waals surface area contributed by atoms with Crippen LogP contribution < -0.4 is 10.6 Å². The minimum atomic E-state index is -0.402. The zero-order chi connectivity index (χ0) is 19.8. The minimum absolute atomic E-state index is 0.112. The molecule has 4 aromatic rings. The number of benzene rings is 3. The molecule has 1 aliphatic heterocycles. The van der Waals surface area contributed by atoms with E-state index in [2.05, 4.69) is 10.6 Å². The number of para-hydroxylation sites is 2. The lowest BCUT2D eigenvalue weighted by Crippen LogP contribution is -2.38. The van der Waals surface area contributed by atoms with E-state index in [0.717, 1.165) is 28.2 Å². The number of halogens is 1. The summed E-state index contributed by atoms with van der Waals surface area (Å²) in [6, 6.07) is 24.9. The first-order chi connectivity index (χ1) is 14.2. The number of aromatic nitrogens is 2. The molecule has 1 aliphatic rings. The van der Waals surface area contributed by atoms with E-state index in [9.17, 15) is 4.79 Å². The highest BCUT2D eigenvalue weighted by molar-refractivity contribution is 6.30. The van der Waals surface area contributed by atoms with E-state index in [1.807, 2.05) is 83.7 Å². The van der Waals surface area contributed by atoms with Gasteiger partial charge in [-0.2, -0.15) is 5.10 Å². The van der Waals surface area contributed by atoms with Gasteiger partial charge in [0.05, 0.1) is 16.9 Å². The SMILES string of the molecule is O=C1NC(c2cn(-c3ccccc3)nc2-c2ccc(Cl)cc2)Nc2ccccc21. The minimum Gasteiger partial charge on any atom is -0.361 e. The zero-order valence-electron chi connectivity index (χ0n) is 15.3. The Balaban J connectivity index is 1.62. The van der Waals surface area contributed by atoms with Gasteiger partial charge in [-0.05, 0) is 36.4 Å². The predicted molar refractivity (Wildman–Crippen MR) is 114 cm³/mol. The standard InChI is InChI=1S/C23H17ClN4O/c24-16-12-10-15(11-13-16)21-19(14-28(27-21)17-6-2-1-3-7-17)22-25-20-9-5-4-8-18(20)23(29)26-22/h1-14,22,25H,(H,26,29). The van der Waals surface area contributed by atoms with Crippen molar-refractivity contribution < 1.29 is 4.79 Å². The summed E-state index contributed by atoms with van der Waals surface area (Å²) in [6.45, 7) is 0. The summed E-state index contributed by atoms with van der Waals surface area (Å²) in [5, 5.41) is 11.9. The summed E-state index contributed by atoms with van der Waals surface area (Å²) in [5.74, 6) is -0.112. The van der Waals surface area contributed by atoms with Crippen molar-refractivity contribution in [3.8, 4) is 16.9 Å². The molecule has 0 saturated heterocycles. The molecule has 1 amide bonds. The topological polar surface area (TPSA) is 59.0 Å². The Hall–Kier alpha value is -3.57. The number of anilines is 1. The summed E-state index contributed by atoms with van der Waals surface area (Å²) in [4.78, 5) is 12.6. The number of fused-ring (bicyclic) bond motifs is 1. The molecule has 0 radical (unpaired) electrons. The van der Waals surface area contributed by atoms with Crippen LogP contribution in [0.1, 0.15) is 22.1 Å². The number of nitrogens with one attached hydrogen (secondary N) is 2. The molecule has 2 N–H and O–H groups in total.